The molecule has 1 rings (SSSR count). The molecule has 1 aliphatic rings. The third-order valence-corrected chi connectivity index (χ3v) is 3.86. The molecule has 0 spiro atoms. The zero-order chi connectivity index (χ0) is 14.8. The molecular formula is C14H31N5O. The van der Waals surface area contributed by atoms with Crippen LogP contribution in [0.1, 0.15) is 13.8 Å². The molecule has 0 aromatic heterocycles. The topological polar surface area (TPSA) is 52.1 Å². The van der Waals surface area contributed by atoms with Crippen molar-refractivity contribution in [3.05, 3.63) is 0 Å². The van der Waals surface area contributed by atoms with Gasteiger partial charge in [-0.15, -0.1) is 0 Å². The van der Waals surface area contributed by atoms with Gasteiger partial charge >= 0.3 is 0 Å². The van der Waals surface area contributed by atoms with Gasteiger partial charge in [0.15, 0.2) is 5.96 Å². The standard InChI is InChI=1S/C14H31N5O/c1-5-18-7-9-19(10-8-18)13(2)12-17-14(15-3)16-6-11-20-4/h13H,5-12H2,1-4H3,(H2,15,16,17). The van der Waals surface area contributed by atoms with Crippen molar-refractivity contribution in [2.45, 2.75) is 19.9 Å². The van der Waals surface area contributed by atoms with Crippen molar-refractivity contribution in [1.29, 1.82) is 0 Å². The van der Waals surface area contributed by atoms with Crippen LogP contribution in [0.15, 0.2) is 4.99 Å². The average Bonchev–Trinajstić information content (AvgIpc) is 2.50. The Balaban J connectivity index is 2.23. The van der Waals surface area contributed by atoms with E-state index in [2.05, 4.69) is 39.3 Å². The van der Waals surface area contributed by atoms with Gasteiger partial charge in [0.1, 0.15) is 0 Å². The van der Waals surface area contributed by atoms with Gasteiger partial charge in [0.05, 0.1) is 6.61 Å². The van der Waals surface area contributed by atoms with Gasteiger partial charge in [-0.2, -0.15) is 0 Å². The summed E-state index contributed by atoms with van der Waals surface area (Å²) in [6.07, 6.45) is 0. The van der Waals surface area contributed by atoms with E-state index in [9.17, 15) is 0 Å². The molecule has 1 heterocycles. The average molecular weight is 285 g/mol. The Morgan fingerprint density at radius 1 is 1.25 bits per heavy atom. The number of hydrogen-bond acceptors (Lipinski definition) is 4. The van der Waals surface area contributed by atoms with E-state index in [4.69, 9.17) is 4.74 Å². The van der Waals surface area contributed by atoms with E-state index in [0.29, 0.717) is 12.6 Å². The molecule has 0 aromatic rings. The van der Waals surface area contributed by atoms with Crippen LogP contribution in [0.2, 0.25) is 0 Å². The highest BCUT2D eigenvalue weighted by molar-refractivity contribution is 5.79. The molecule has 0 aliphatic carbocycles. The maximum Gasteiger partial charge on any atom is 0.191 e. The van der Waals surface area contributed by atoms with Crippen molar-refractivity contribution in [3.63, 3.8) is 0 Å². The van der Waals surface area contributed by atoms with Crippen LogP contribution in [0.3, 0.4) is 0 Å². The molecule has 6 nitrogen and oxygen atoms in total. The minimum Gasteiger partial charge on any atom is -0.383 e. The summed E-state index contributed by atoms with van der Waals surface area (Å²) in [4.78, 5) is 9.26. The van der Waals surface area contributed by atoms with Crippen LogP contribution in [-0.4, -0.2) is 88.4 Å². The monoisotopic (exact) mass is 285 g/mol. The lowest BCUT2D eigenvalue weighted by molar-refractivity contribution is 0.107. The van der Waals surface area contributed by atoms with Gasteiger partial charge < -0.3 is 20.3 Å². The zero-order valence-electron chi connectivity index (χ0n) is 13.5. The number of aliphatic imine (C=N–C) groups is 1. The molecule has 1 unspecified atom stereocenters. The molecule has 2 N–H and O–H groups in total. The fourth-order valence-electron chi connectivity index (χ4n) is 2.39. The number of rotatable bonds is 7. The third-order valence-electron chi connectivity index (χ3n) is 3.86. The first-order valence-electron chi connectivity index (χ1n) is 7.61. The molecule has 1 saturated heterocycles. The van der Waals surface area contributed by atoms with E-state index in [-0.39, 0.29) is 0 Å². The first-order valence-corrected chi connectivity index (χ1v) is 7.61. The molecule has 1 atom stereocenters. The lowest BCUT2D eigenvalue weighted by Gasteiger charge is -2.37. The van der Waals surface area contributed by atoms with Gasteiger partial charge in [-0.1, -0.05) is 6.92 Å². The Labute approximate surface area is 123 Å². The van der Waals surface area contributed by atoms with E-state index in [1.165, 1.54) is 13.1 Å². The predicted octanol–water partition coefficient (Wildman–Crippen LogP) is -0.176. The summed E-state index contributed by atoms with van der Waals surface area (Å²) in [6.45, 7) is 12.7. The lowest BCUT2D eigenvalue weighted by atomic mass is 10.2. The Kier molecular flexibility index (Phi) is 8.57. The molecule has 0 aromatic carbocycles. The quantitative estimate of drug-likeness (QED) is 0.386. The Morgan fingerprint density at radius 3 is 2.50 bits per heavy atom. The molecule has 0 amide bonds. The minimum atomic E-state index is 0.523. The van der Waals surface area contributed by atoms with Crippen molar-refractivity contribution in [3.8, 4) is 0 Å². The number of likely N-dealkylation sites (N-methyl/N-ethyl adjacent to an activating group) is 1. The smallest absolute Gasteiger partial charge is 0.191 e. The maximum absolute atomic E-state index is 5.02. The van der Waals surface area contributed by atoms with Gasteiger partial charge in [0, 0.05) is 59.5 Å². The molecule has 118 valence electrons. The fraction of sp³-hybridized carbons (Fsp3) is 0.929. The summed E-state index contributed by atoms with van der Waals surface area (Å²) in [5, 5.41) is 6.61. The SMILES string of the molecule is CCN1CCN(C(C)CNC(=NC)NCCOC)CC1. The number of hydrogen-bond donors (Lipinski definition) is 2. The molecule has 1 aliphatic heterocycles. The van der Waals surface area contributed by atoms with Crippen molar-refractivity contribution in [2.75, 3.05) is 66.6 Å². The van der Waals surface area contributed by atoms with Crippen LogP contribution in [0, 0.1) is 0 Å². The highest BCUT2D eigenvalue weighted by atomic mass is 16.5. The number of piperazine rings is 1. The van der Waals surface area contributed by atoms with Gasteiger partial charge in [-0.3, -0.25) is 9.89 Å². The summed E-state index contributed by atoms with van der Waals surface area (Å²) in [5.74, 6) is 0.848. The Hall–Kier alpha value is -0.850. The number of nitrogens with zero attached hydrogens (tertiary/aromatic N) is 3. The van der Waals surface area contributed by atoms with Crippen molar-refractivity contribution < 1.29 is 4.74 Å². The lowest BCUT2D eigenvalue weighted by Crippen LogP contribution is -2.53. The van der Waals surface area contributed by atoms with E-state index < -0.39 is 0 Å². The summed E-state index contributed by atoms with van der Waals surface area (Å²) in [6, 6.07) is 0.523. The molecule has 20 heavy (non-hydrogen) atoms. The summed E-state index contributed by atoms with van der Waals surface area (Å²) in [5.41, 5.74) is 0. The zero-order valence-corrected chi connectivity index (χ0v) is 13.5. The largest absolute Gasteiger partial charge is 0.383 e. The van der Waals surface area contributed by atoms with Crippen molar-refractivity contribution in [2.24, 2.45) is 4.99 Å². The van der Waals surface area contributed by atoms with Crippen molar-refractivity contribution >= 4 is 5.96 Å². The minimum absolute atomic E-state index is 0.523. The molecule has 1 fully saturated rings. The van der Waals surface area contributed by atoms with Crippen LogP contribution < -0.4 is 10.6 Å². The van der Waals surface area contributed by atoms with Crippen LogP contribution >= 0.6 is 0 Å². The Bertz CT molecular complexity index is 277. The number of ether oxygens (including phenoxy) is 1. The first-order chi connectivity index (χ1) is 9.71. The molecule has 0 radical (unpaired) electrons. The highest BCUT2D eigenvalue weighted by Gasteiger charge is 2.19. The van der Waals surface area contributed by atoms with Crippen LogP contribution in [0.5, 0.6) is 0 Å². The molecule has 0 saturated carbocycles. The van der Waals surface area contributed by atoms with Gasteiger partial charge in [0.25, 0.3) is 0 Å². The normalized spacial score (nSPS) is 19.9. The second kappa shape index (κ2) is 9.96. The second-order valence-electron chi connectivity index (χ2n) is 5.19. The maximum atomic E-state index is 5.02. The Morgan fingerprint density at radius 2 is 1.95 bits per heavy atom. The van der Waals surface area contributed by atoms with E-state index in [0.717, 1.165) is 38.7 Å². The molecule has 6 heteroatoms. The van der Waals surface area contributed by atoms with Crippen LogP contribution in [0.4, 0.5) is 0 Å². The number of nitrogens with one attached hydrogen (secondary N) is 2. The van der Waals surface area contributed by atoms with E-state index in [1.807, 2.05) is 0 Å². The predicted molar refractivity (Wildman–Crippen MR) is 84.4 cm³/mol. The second-order valence-corrected chi connectivity index (χ2v) is 5.19. The highest BCUT2D eigenvalue weighted by Crippen LogP contribution is 2.05. The first kappa shape index (κ1) is 17.2. The summed E-state index contributed by atoms with van der Waals surface area (Å²) < 4.78 is 5.02. The van der Waals surface area contributed by atoms with Crippen LogP contribution in [0.25, 0.3) is 0 Å². The van der Waals surface area contributed by atoms with Gasteiger partial charge in [-0.25, -0.2) is 0 Å². The van der Waals surface area contributed by atoms with E-state index in [1.54, 1.807) is 14.2 Å². The number of methoxy groups -OCH3 is 1. The number of guanidine groups is 1. The van der Waals surface area contributed by atoms with Crippen molar-refractivity contribution in [1.82, 2.24) is 20.4 Å². The summed E-state index contributed by atoms with van der Waals surface area (Å²) in [7, 11) is 3.50. The van der Waals surface area contributed by atoms with Crippen LogP contribution in [-0.2, 0) is 4.74 Å². The molecule has 0 bridgehead atoms. The van der Waals surface area contributed by atoms with Gasteiger partial charge in [-0.05, 0) is 13.5 Å². The summed E-state index contributed by atoms with van der Waals surface area (Å²) >= 11 is 0. The molecular weight excluding hydrogens is 254 g/mol. The third kappa shape index (κ3) is 6.07. The van der Waals surface area contributed by atoms with Gasteiger partial charge in [0.2, 0.25) is 0 Å². The van der Waals surface area contributed by atoms with E-state index >= 15 is 0 Å². The fourth-order valence-corrected chi connectivity index (χ4v) is 2.39.